The minimum atomic E-state index is -0.403. The van der Waals surface area contributed by atoms with Crippen molar-refractivity contribution in [3.05, 3.63) is 94.8 Å². The summed E-state index contributed by atoms with van der Waals surface area (Å²) >= 11 is 5.96. The number of ether oxygens (including phenoxy) is 2. The zero-order valence-electron chi connectivity index (χ0n) is 16.1. The van der Waals surface area contributed by atoms with Crippen molar-refractivity contribution >= 4 is 11.6 Å². The molecule has 3 aromatic rings. The van der Waals surface area contributed by atoms with Crippen LogP contribution in [0.1, 0.15) is 31.4 Å². The fraction of sp³-hybridized carbons (Fsp3) is 0.250. The molecule has 0 saturated heterocycles. The van der Waals surface area contributed by atoms with E-state index in [1.165, 1.54) is 6.07 Å². The molecular weight excluding hydrogens is 375 g/mol. The predicted octanol–water partition coefficient (Wildman–Crippen LogP) is 7.16. The molecule has 0 saturated carbocycles. The van der Waals surface area contributed by atoms with Gasteiger partial charge in [-0.15, -0.1) is 0 Å². The van der Waals surface area contributed by atoms with Gasteiger partial charge in [0.05, 0.1) is 18.2 Å². The van der Waals surface area contributed by atoms with Crippen molar-refractivity contribution in [2.75, 3.05) is 6.61 Å². The molecule has 0 bridgehead atoms. The maximum absolute atomic E-state index is 13.5. The van der Waals surface area contributed by atoms with Crippen LogP contribution < -0.4 is 4.74 Å². The molecule has 0 heterocycles. The van der Waals surface area contributed by atoms with Gasteiger partial charge in [0, 0.05) is 5.41 Å². The molecule has 1 unspecified atom stereocenters. The molecular formula is C24H24ClFO2. The summed E-state index contributed by atoms with van der Waals surface area (Å²) in [4.78, 5) is 0. The molecule has 0 N–H and O–H groups in total. The minimum absolute atomic E-state index is 0.142. The Morgan fingerprint density at radius 2 is 1.68 bits per heavy atom. The molecule has 0 aliphatic carbocycles. The highest BCUT2D eigenvalue weighted by atomic mass is 35.5. The Bertz CT molecular complexity index is 913. The molecule has 0 radical (unpaired) electrons. The Kier molecular flexibility index (Phi) is 6.71. The first kappa shape index (κ1) is 20.4. The number of para-hydroxylation sites is 1. The first-order valence-electron chi connectivity index (χ1n) is 9.35. The number of benzene rings is 3. The highest BCUT2D eigenvalue weighted by molar-refractivity contribution is 6.30. The Balaban J connectivity index is 1.63. The van der Waals surface area contributed by atoms with E-state index in [9.17, 15) is 4.39 Å². The Hall–Kier alpha value is -2.36. The summed E-state index contributed by atoms with van der Waals surface area (Å²) in [5.41, 5.74) is 1.77. The first-order valence-corrected chi connectivity index (χ1v) is 9.73. The van der Waals surface area contributed by atoms with Crippen molar-refractivity contribution in [1.29, 1.82) is 0 Å². The van der Waals surface area contributed by atoms with Crippen molar-refractivity contribution in [2.24, 2.45) is 0 Å². The first-order chi connectivity index (χ1) is 13.5. The van der Waals surface area contributed by atoms with Crippen LogP contribution in [0.15, 0.2) is 72.8 Å². The molecule has 4 heteroatoms. The molecule has 3 aromatic carbocycles. The lowest BCUT2D eigenvalue weighted by Gasteiger charge is -2.29. The van der Waals surface area contributed by atoms with Crippen LogP contribution in [0.5, 0.6) is 11.5 Å². The number of hydrogen-bond donors (Lipinski definition) is 0. The van der Waals surface area contributed by atoms with E-state index in [-0.39, 0.29) is 10.4 Å². The van der Waals surface area contributed by atoms with Crippen molar-refractivity contribution in [3.63, 3.8) is 0 Å². The third-order valence-electron chi connectivity index (χ3n) is 4.96. The fourth-order valence-corrected chi connectivity index (χ4v) is 3.16. The van der Waals surface area contributed by atoms with Crippen LogP contribution in [0.3, 0.4) is 0 Å². The molecule has 0 fully saturated rings. The van der Waals surface area contributed by atoms with Crippen molar-refractivity contribution in [3.8, 4) is 11.5 Å². The summed E-state index contributed by atoms with van der Waals surface area (Å²) in [7, 11) is 0. The third kappa shape index (κ3) is 5.12. The second kappa shape index (κ2) is 9.22. The largest absolute Gasteiger partial charge is 0.457 e. The summed E-state index contributed by atoms with van der Waals surface area (Å²) in [5, 5.41) is 0.142. The van der Waals surface area contributed by atoms with Gasteiger partial charge >= 0.3 is 0 Å². The minimum Gasteiger partial charge on any atom is -0.457 e. The van der Waals surface area contributed by atoms with E-state index in [0.29, 0.717) is 13.2 Å². The summed E-state index contributed by atoms with van der Waals surface area (Å²) in [5.74, 6) is 1.17. The summed E-state index contributed by atoms with van der Waals surface area (Å²) in [6.07, 6.45) is 0.853. The monoisotopic (exact) mass is 398 g/mol. The van der Waals surface area contributed by atoms with E-state index < -0.39 is 5.82 Å². The van der Waals surface area contributed by atoms with Gasteiger partial charge in [-0.1, -0.05) is 61.8 Å². The number of halogens is 2. The lowest BCUT2D eigenvalue weighted by atomic mass is 9.81. The maximum Gasteiger partial charge on any atom is 0.141 e. The second-order valence-corrected chi connectivity index (χ2v) is 7.51. The lowest BCUT2D eigenvalue weighted by Crippen LogP contribution is -2.27. The number of rotatable bonds is 8. The van der Waals surface area contributed by atoms with E-state index in [1.54, 1.807) is 12.1 Å². The van der Waals surface area contributed by atoms with Gasteiger partial charge in [-0.2, -0.15) is 0 Å². The molecule has 1 atom stereocenters. The van der Waals surface area contributed by atoms with Gasteiger partial charge in [0.25, 0.3) is 0 Å². The quantitative estimate of drug-likeness (QED) is 0.401. The average Bonchev–Trinajstić information content (AvgIpc) is 2.71. The molecule has 0 aromatic heterocycles. The van der Waals surface area contributed by atoms with Crippen LogP contribution in [-0.4, -0.2) is 6.61 Å². The SMILES string of the molecule is CCC(C)(COCc1cccc(Oc2ccccc2)c1)c1ccc(F)c(Cl)c1. The smallest absolute Gasteiger partial charge is 0.141 e. The Morgan fingerprint density at radius 3 is 2.39 bits per heavy atom. The zero-order valence-corrected chi connectivity index (χ0v) is 16.9. The van der Waals surface area contributed by atoms with E-state index in [4.69, 9.17) is 21.1 Å². The van der Waals surface area contributed by atoms with Crippen LogP contribution in [-0.2, 0) is 16.8 Å². The maximum atomic E-state index is 13.5. The van der Waals surface area contributed by atoms with Crippen molar-refractivity contribution in [2.45, 2.75) is 32.3 Å². The van der Waals surface area contributed by atoms with Gasteiger partial charge in [0.2, 0.25) is 0 Å². The molecule has 2 nitrogen and oxygen atoms in total. The third-order valence-corrected chi connectivity index (χ3v) is 5.25. The van der Waals surface area contributed by atoms with Crippen LogP contribution in [0.2, 0.25) is 5.02 Å². The molecule has 0 aliphatic heterocycles. The van der Waals surface area contributed by atoms with Crippen LogP contribution in [0.25, 0.3) is 0 Å². The van der Waals surface area contributed by atoms with Gasteiger partial charge in [-0.3, -0.25) is 0 Å². The highest BCUT2D eigenvalue weighted by Crippen LogP contribution is 2.31. The average molecular weight is 399 g/mol. The van der Waals surface area contributed by atoms with Gasteiger partial charge < -0.3 is 9.47 Å². The normalized spacial score (nSPS) is 13.1. The summed E-state index contributed by atoms with van der Waals surface area (Å²) in [6, 6.07) is 22.4. The van der Waals surface area contributed by atoms with Crippen molar-refractivity contribution in [1.82, 2.24) is 0 Å². The second-order valence-electron chi connectivity index (χ2n) is 7.10. The Labute approximate surface area is 170 Å². The lowest BCUT2D eigenvalue weighted by molar-refractivity contribution is 0.0747. The van der Waals surface area contributed by atoms with E-state index in [0.717, 1.165) is 29.0 Å². The molecule has 0 aliphatic rings. The predicted molar refractivity (Wildman–Crippen MR) is 112 cm³/mol. The Morgan fingerprint density at radius 1 is 0.929 bits per heavy atom. The van der Waals surface area contributed by atoms with E-state index in [2.05, 4.69) is 13.8 Å². The van der Waals surface area contributed by atoms with Gasteiger partial charge in [-0.25, -0.2) is 4.39 Å². The molecule has 3 rings (SSSR count). The molecule has 0 amide bonds. The van der Waals surface area contributed by atoms with Gasteiger partial charge in [-0.05, 0) is 53.9 Å². The van der Waals surface area contributed by atoms with Gasteiger partial charge in [0.15, 0.2) is 0 Å². The van der Waals surface area contributed by atoms with Crippen LogP contribution >= 0.6 is 11.6 Å². The van der Waals surface area contributed by atoms with E-state index in [1.807, 2.05) is 54.6 Å². The van der Waals surface area contributed by atoms with E-state index >= 15 is 0 Å². The summed E-state index contributed by atoms with van der Waals surface area (Å²) < 4.78 is 25.4. The fourth-order valence-electron chi connectivity index (χ4n) is 2.98. The molecule has 28 heavy (non-hydrogen) atoms. The van der Waals surface area contributed by atoms with Gasteiger partial charge in [0.1, 0.15) is 17.3 Å². The number of hydrogen-bond acceptors (Lipinski definition) is 2. The zero-order chi connectivity index (χ0) is 20.0. The molecule has 0 spiro atoms. The summed E-state index contributed by atoms with van der Waals surface area (Å²) in [6.45, 7) is 5.17. The van der Waals surface area contributed by atoms with Crippen molar-refractivity contribution < 1.29 is 13.9 Å². The van der Waals surface area contributed by atoms with Crippen LogP contribution in [0, 0.1) is 5.82 Å². The molecule has 146 valence electrons. The standard InChI is InChI=1S/C24H24ClFO2/c1-3-24(2,19-12-13-23(26)22(25)15-19)17-27-16-18-8-7-11-21(14-18)28-20-9-5-4-6-10-20/h4-15H,3,16-17H2,1-2H3. The van der Waals surface area contributed by atoms with Crippen LogP contribution in [0.4, 0.5) is 4.39 Å². The topological polar surface area (TPSA) is 18.5 Å². The highest BCUT2D eigenvalue weighted by Gasteiger charge is 2.26.